The molecule has 76 valence electrons. The third-order valence-corrected chi connectivity index (χ3v) is 2.93. The van der Waals surface area contributed by atoms with Crippen LogP contribution in [-0.2, 0) is 0 Å². The van der Waals surface area contributed by atoms with Gasteiger partial charge < -0.3 is 0 Å². The maximum Gasteiger partial charge on any atom is 0.0628 e. The minimum atomic E-state index is -0.161. The smallest absolute Gasteiger partial charge is 0.0628 e. The van der Waals surface area contributed by atoms with Crippen molar-refractivity contribution in [1.29, 1.82) is 10.5 Å². The van der Waals surface area contributed by atoms with Gasteiger partial charge in [-0.3, -0.25) is 0 Å². The molecular weight excluding hydrogens is 231 g/mol. The van der Waals surface area contributed by atoms with Gasteiger partial charge in [0.15, 0.2) is 0 Å². The van der Waals surface area contributed by atoms with Gasteiger partial charge in [0.2, 0.25) is 0 Å². The van der Waals surface area contributed by atoms with E-state index in [9.17, 15) is 0 Å². The summed E-state index contributed by atoms with van der Waals surface area (Å²) in [5, 5.41) is 18.2. The lowest BCUT2D eigenvalue weighted by Crippen LogP contribution is -1.98. The van der Waals surface area contributed by atoms with E-state index in [1.165, 1.54) is 0 Å². The fourth-order valence-electron chi connectivity index (χ4n) is 1.35. The largest absolute Gasteiger partial charge is 0.198 e. The SMILES string of the molecule is N#CCC(CC#N)c1cccc(Cl)c1Cl. The molecular formula is C11H8Cl2N2. The predicted molar refractivity (Wildman–Crippen MR) is 59.7 cm³/mol. The van der Waals surface area contributed by atoms with Crippen LogP contribution >= 0.6 is 23.2 Å². The molecule has 0 saturated carbocycles. The second-order valence-electron chi connectivity index (χ2n) is 3.06. The van der Waals surface area contributed by atoms with Crippen LogP contribution in [0, 0.1) is 22.7 Å². The summed E-state index contributed by atoms with van der Waals surface area (Å²) >= 11 is 11.9. The molecule has 0 atom stereocenters. The maximum atomic E-state index is 8.65. The second kappa shape index (κ2) is 5.61. The van der Waals surface area contributed by atoms with E-state index in [4.69, 9.17) is 33.7 Å². The molecule has 0 radical (unpaired) electrons. The van der Waals surface area contributed by atoms with Crippen LogP contribution in [0.5, 0.6) is 0 Å². The number of rotatable bonds is 3. The molecule has 0 N–H and O–H groups in total. The first-order valence-electron chi connectivity index (χ1n) is 4.38. The van der Waals surface area contributed by atoms with Crippen molar-refractivity contribution in [1.82, 2.24) is 0 Å². The van der Waals surface area contributed by atoms with Crippen LogP contribution in [0.3, 0.4) is 0 Å². The first-order chi connectivity index (χ1) is 7.20. The first-order valence-corrected chi connectivity index (χ1v) is 5.14. The Labute approximate surface area is 98.6 Å². The molecule has 0 spiro atoms. The van der Waals surface area contributed by atoms with E-state index >= 15 is 0 Å². The minimum absolute atomic E-state index is 0.161. The van der Waals surface area contributed by atoms with Gasteiger partial charge in [0.1, 0.15) is 0 Å². The number of halogens is 2. The molecule has 1 aromatic carbocycles. The molecule has 0 aromatic heterocycles. The van der Waals surface area contributed by atoms with E-state index in [1.807, 2.05) is 12.1 Å². The van der Waals surface area contributed by atoms with Crippen LogP contribution in [0.25, 0.3) is 0 Å². The molecule has 0 saturated heterocycles. The van der Waals surface area contributed by atoms with E-state index in [0.717, 1.165) is 5.56 Å². The van der Waals surface area contributed by atoms with E-state index in [1.54, 1.807) is 18.2 Å². The molecule has 1 rings (SSSR count). The second-order valence-corrected chi connectivity index (χ2v) is 3.85. The van der Waals surface area contributed by atoms with Gasteiger partial charge in [-0.2, -0.15) is 10.5 Å². The van der Waals surface area contributed by atoms with Crippen molar-refractivity contribution in [3.8, 4) is 12.1 Å². The molecule has 4 heteroatoms. The van der Waals surface area contributed by atoms with Crippen molar-refractivity contribution in [2.75, 3.05) is 0 Å². The molecule has 1 aromatic rings. The van der Waals surface area contributed by atoms with Crippen molar-refractivity contribution >= 4 is 23.2 Å². The van der Waals surface area contributed by atoms with Crippen molar-refractivity contribution in [3.63, 3.8) is 0 Å². The summed E-state index contributed by atoms with van der Waals surface area (Å²) in [6, 6.07) is 9.34. The molecule has 15 heavy (non-hydrogen) atoms. The van der Waals surface area contributed by atoms with Gasteiger partial charge >= 0.3 is 0 Å². The Morgan fingerprint density at radius 2 is 1.73 bits per heavy atom. The Hall–Kier alpha value is -1.22. The van der Waals surface area contributed by atoms with Crippen molar-refractivity contribution in [2.24, 2.45) is 0 Å². The summed E-state index contributed by atoms with van der Waals surface area (Å²) < 4.78 is 0. The fourth-order valence-corrected chi connectivity index (χ4v) is 1.81. The lowest BCUT2D eigenvalue weighted by atomic mass is 9.93. The van der Waals surface area contributed by atoms with Crippen LogP contribution in [-0.4, -0.2) is 0 Å². The van der Waals surface area contributed by atoms with Gasteiger partial charge in [0.25, 0.3) is 0 Å². The Balaban J connectivity index is 3.07. The predicted octanol–water partition coefficient (Wildman–Crippen LogP) is 3.90. The molecule has 0 fully saturated rings. The standard InChI is InChI=1S/C11H8Cl2N2/c12-10-3-1-2-9(11(10)13)8(4-6-14)5-7-15/h1-3,8H,4-5H2. The zero-order chi connectivity index (χ0) is 11.3. The summed E-state index contributed by atoms with van der Waals surface area (Å²) in [6.45, 7) is 0. The normalized spacial score (nSPS) is 9.67. The average molecular weight is 239 g/mol. The third kappa shape index (κ3) is 2.86. The van der Waals surface area contributed by atoms with Crippen LogP contribution in [0.15, 0.2) is 18.2 Å². The summed E-state index contributed by atoms with van der Waals surface area (Å²) in [6.07, 6.45) is 0.543. The van der Waals surface area contributed by atoms with E-state index in [0.29, 0.717) is 10.0 Å². The molecule has 0 heterocycles. The third-order valence-electron chi connectivity index (χ3n) is 2.10. The Morgan fingerprint density at radius 1 is 1.13 bits per heavy atom. The highest BCUT2D eigenvalue weighted by Gasteiger charge is 2.15. The number of nitrogens with zero attached hydrogens (tertiary/aromatic N) is 2. The highest BCUT2D eigenvalue weighted by molar-refractivity contribution is 6.42. The lowest BCUT2D eigenvalue weighted by Gasteiger charge is -2.12. The van der Waals surface area contributed by atoms with Crippen LogP contribution in [0.1, 0.15) is 24.3 Å². The Kier molecular flexibility index (Phi) is 4.43. The number of hydrogen-bond acceptors (Lipinski definition) is 2. The average Bonchev–Trinajstić information content (AvgIpc) is 2.22. The van der Waals surface area contributed by atoms with Crippen molar-refractivity contribution in [2.45, 2.75) is 18.8 Å². The molecule has 0 amide bonds. The monoisotopic (exact) mass is 238 g/mol. The number of hydrogen-bond donors (Lipinski definition) is 0. The van der Waals surface area contributed by atoms with Crippen molar-refractivity contribution in [3.05, 3.63) is 33.8 Å². The number of nitriles is 2. The van der Waals surface area contributed by atoms with Crippen LogP contribution < -0.4 is 0 Å². The highest BCUT2D eigenvalue weighted by Crippen LogP contribution is 2.33. The van der Waals surface area contributed by atoms with Gasteiger partial charge in [-0.1, -0.05) is 35.3 Å². The Bertz CT molecular complexity index is 413. The van der Waals surface area contributed by atoms with Crippen LogP contribution in [0.2, 0.25) is 10.0 Å². The zero-order valence-corrected chi connectivity index (χ0v) is 9.39. The van der Waals surface area contributed by atoms with E-state index in [-0.39, 0.29) is 18.8 Å². The molecule has 0 unspecified atom stereocenters. The van der Waals surface area contributed by atoms with E-state index in [2.05, 4.69) is 0 Å². The molecule has 0 aliphatic rings. The lowest BCUT2D eigenvalue weighted by molar-refractivity contribution is 0.726. The highest BCUT2D eigenvalue weighted by atomic mass is 35.5. The summed E-state index contributed by atoms with van der Waals surface area (Å²) in [5.74, 6) is -0.161. The fraction of sp³-hybridized carbons (Fsp3) is 0.273. The van der Waals surface area contributed by atoms with Gasteiger partial charge in [-0.15, -0.1) is 0 Å². The quantitative estimate of drug-likeness (QED) is 0.802. The summed E-state index contributed by atoms with van der Waals surface area (Å²) in [4.78, 5) is 0. The molecule has 2 nitrogen and oxygen atoms in total. The number of benzene rings is 1. The molecule has 0 aliphatic heterocycles. The van der Waals surface area contributed by atoms with Gasteiger partial charge in [0.05, 0.1) is 22.2 Å². The summed E-state index contributed by atoms with van der Waals surface area (Å²) in [5.41, 5.74) is 0.771. The van der Waals surface area contributed by atoms with Crippen LogP contribution in [0.4, 0.5) is 0 Å². The van der Waals surface area contributed by atoms with Gasteiger partial charge in [0, 0.05) is 18.8 Å². The Morgan fingerprint density at radius 3 is 2.27 bits per heavy atom. The summed E-state index contributed by atoms with van der Waals surface area (Å²) in [7, 11) is 0. The topological polar surface area (TPSA) is 47.6 Å². The van der Waals surface area contributed by atoms with E-state index < -0.39 is 0 Å². The van der Waals surface area contributed by atoms with Crippen molar-refractivity contribution < 1.29 is 0 Å². The molecule has 0 aliphatic carbocycles. The first kappa shape index (κ1) is 11.9. The van der Waals surface area contributed by atoms with Gasteiger partial charge in [-0.25, -0.2) is 0 Å². The van der Waals surface area contributed by atoms with Gasteiger partial charge in [-0.05, 0) is 11.6 Å². The molecule has 0 bridgehead atoms. The zero-order valence-electron chi connectivity index (χ0n) is 7.87. The maximum absolute atomic E-state index is 8.65. The minimum Gasteiger partial charge on any atom is -0.198 e.